The summed E-state index contributed by atoms with van der Waals surface area (Å²) in [5, 5.41) is 7.02. The second kappa shape index (κ2) is 6.38. The molecule has 100 valence electrons. The molecule has 0 unspecified atom stereocenters. The van der Waals surface area contributed by atoms with Crippen LogP contribution in [0.5, 0.6) is 0 Å². The van der Waals surface area contributed by atoms with Crippen molar-refractivity contribution in [2.75, 3.05) is 24.3 Å². The van der Waals surface area contributed by atoms with E-state index in [0.29, 0.717) is 5.11 Å². The Bertz CT molecular complexity index is 518. The summed E-state index contributed by atoms with van der Waals surface area (Å²) in [5.41, 5.74) is 3.20. The van der Waals surface area contributed by atoms with Gasteiger partial charge in [-0.15, -0.1) is 0 Å². The molecule has 0 radical (unpaired) electrons. The van der Waals surface area contributed by atoms with Gasteiger partial charge in [-0.1, -0.05) is 18.2 Å². The molecule has 19 heavy (non-hydrogen) atoms. The van der Waals surface area contributed by atoms with Crippen molar-refractivity contribution >= 4 is 28.7 Å². The normalized spacial score (nSPS) is 13.7. The van der Waals surface area contributed by atoms with E-state index in [9.17, 15) is 0 Å². The molecule has 1 aromatic carbocycles. The topological polar surface area (TPSA) is 27.3 Å². The second-order valence-electron chi connectivity index (χ2n) is 4.66. The molecule has 0 fully saturated rings. The molecule has 2 rings (SSSR count). The Morgan fingerprint density at radius 1 is 1.21 bits per heavy atom. The van der Waals surface area contributed by atoms with Crippen LogP contribution in [0.2, 0.25) is 0 Å². The molecule has 1 aromatic rings. The van der Waals surface area contributed by atoms with Crippen LogP contribution in [-0.2, 0) is 0 Å². The fourth-order valence-electron chi connectivity index (χ4n) is 1.86. The highest BCUT2D eigenvalue weighted by molar-refractivity contribution is 7.80. The van der Waals surface area contributed by atoms with E-state index < -0.39 is 0 Å². The maximum Gasteiger partial charge on any atom is 0.175 e. The van der Waals surface area contributed by atoms with Gasteiger partial charge in [0, 0.05) is 31.2 Å². The Balaban J connectivity index is 1.97. The average Bonchev–Trinajstić information content (AvgIpc) is 2.40. The molecule has 0 saturated carbocycles. The summed E-state index contributed by atoms with van der Waals surface area (Å²) in [6.45, 7) is 0. The lowest BCUT2D eigenvalue weighted by atomic mass is 10.1. The van der Waals surface area contributed by atoms with Crippen LogP contribution >= 0.6 is 12.2 Å². The van der Waals surface area contributed by atoms with Gasteiger partial charge in [-0.05, 0) is 49.3 Å². The van der Waals surface area contributed by atoms with E-state index in [4.69, 9.17) is 12.2 Å². The van der Waals surface area contributed by atoms with E-state index in [1.807, 2.05) is 26.2 Å². The second-order valence-corrected chi connectivity index (χ2v) is 5.07. The summed E-state index contributed by atoms with van der Waals surface area (Å²) < 4.78 is 0. The van der Waals surface area contributed by atoms with Gasteiger partial charge in [0.25, 0.3) is 0 Å². The van der Waals surface area contributed by atoms with Crippen LogP contribution in [-0.4, -0.2) is 19.2 Å². The first-order valence-corrected chi connectivity index (χ1v) is 6.78. The summed E-state index contributed by atoms with van der Waals surface area (Å²) in [7, 11) is 4.04. The maximum atomic E-state index is 5.32. The van der Waals surface area contributed by atoms with Gasteiger partial charge < -0.3 is 15.5 Å². The quantitative estimate of drug-likeness (QED) is 0.827. The van der Waals surface area contributed by atoms with Crippen LogP contribution in [0.1, 0.15) is 12.8 Å². The first kappa shape index (κ1) is 13.6. The Labute approximate surface area is 120 Å². The van der Waals surface area contributed by atoms with Gasteiger partial charge in [0.2, 0.25) is 0 Å². The fourth-order valence-corrected chi connectivity index (χ4v) is 2.10. The minimum atomic E-state index is 0.619. The monoisotopic (exact) mass is 273 g/mol. The first-order chi connectivity index (χ1) is 9.15. The van der Waals surface area contributed by atoms with Crippen LogP contribution in [0.4, 0.5) is 11.4 Å². The van der Waals surface area contributed by atoms with Crippen molar-refractivity contribution in [3.63, 3.8) is 0 Å². The predicted molar refractivity (Wildman–Crippen MR) is 86.6 cm³/mol. The van der Waals surface area contributed by atoms with Gasteiger partial charge >= 0.3 is 0 Å². The van der Waals surface area contributed by atoms with E-state index in [1.165, 1.54) is 0 Å². The highest BCUT2D eigenvalue weighted by Gasteiger charge is 2.02. The number of hydrogen-bond acceptors (Lipinski definition) is 2. The molecule has 0 atom stereocenters. The van der Waals surface area contributed by atoms with E-state index in [2.05, 4.69) is 45.9 Å². The molecular formula is C15H19N3S. The van der Waals surface area contributed by atoms with Gasteiger partial charge in [0.15, 0.2) is 5.11 Å². The summed E-state index contributed by atoms with van der Waals surface area (Å²) in [6, 6.07) is 8.15. The third-order valence-electron chi connectivity index (χ3n) is 2.87. The van der Waals surface area contributed by atoms with Crippen molar-refractivity contribution in [2.24, 2.45) is 0 Å². The summed E-state index contributed by atoms with van der Waals surface area (Å²) in [5.74, 6) is 0. The molecular weight excluding hydrogens is 254 g/mol. The number of anilines is 2. The molecule has 4 heteroatoms. The fraction of sp³-hybridized carbons (Fsp3) is 0.267. The summed E-state index contributed by atoms with van der Waals surface area (Å²) >= 11 is 5.32. The number of rotatable bonds is 3. The van der Waals surface area contributed by atoms with Crippen LogP contribution in [0, 0.1) is 0 Å². The Morgan fingerprint density at radius 2 is 2.05 bits per heavy atom. The van der Waals surface area contributed by atoms with Gasteiger partial charge in [-0.25, -0.2) is 0 Å². The van der Waals surface area contributed by atoms with Crippen molar-refractivity contribution in [3.8, 4) is 0 Å². The van der Waals surface area contributed by atoms with Gasteiger partial charge in [-0.2, -0.15) is 0 Å². The van der Waals surface area contributed by atoms with Crippen molar-refractivity contribution < 1.29 is 0 Å². The molecule has 3 nitrogen and oxygen atoms in total. The van der Waals surface area contributed by atoms with E-state index in [1.54, 1.807) is 0 Å². The maximum absolute atomic E-state index is 5.32. The Hall–Kier alpha value is -1.81. The zero-order valence-electron chi connectivity index (χ0n) is 11.3. The zero-order chi connectivity index (χ0) is 13.7. The number of hydrogen-bond donors (Lipinski definition) is 2. The van der Waals surface area contributed by atoms with Crippen LogP contribution in [0.15, 0.2) is 48.2 Å². The lowest BCUT2D eigenvalue weighted by Gasteiger charge is -2.16. The van der Waals surface area contributed by atoms with E-state index in [-0.39, 0.29) is 0 Å². The standard InChI is InChI=1S/C15H19N3S/c1-18(2)14-10-6-9-13(11-14)17-15(19)16-12-7-4-3-5-8-12/h4,6-11H,3,5H2,1-2H3,(H2,16,17,19). The SMILES string of the molecule is CN(C)c1cccc(NC(=S)NC2=CCCC=C2)c1. The third-order valence-corrected chi connectivity index (χ3v) is 3.08. The highest BCUT2D eigenvalue weighted by Crippen LogP contribution is 2.17. The molecule has 0 heterocycles. The number of nitrogens with zero attached hydrogens (tertiary/aromatic N) is 1. The number of nitrogens with one attached hydrogen (secondary N) is 2. The number of allylic oxidation sites excluding steroid dienone is 3. The van der Waals surface area contributed by atoms with Gasteiger partial charge in [0.05, 0.1) is 0 Å². The molecule has 0 bridgehead atoms. The minimum absolute atomic E-state index is 0.619. The lowest BCUT2D eigenvalue weighted by molar-refractivity contribution is 0.987. The van der Waals surface area contributed by atoms with Crippen molar-refractivity contribution in [2.45, 2.75) is 12.8 Å². The van der Waals surface area contributed by atoms with Crippen molar-refractivity contribution in [3.05, 3.63) is 48.2 Å². The van der Waals surface area contributed by atoms with Gasteiger partial charge in [0.1, 0.15) is 0 Å². The molecule has 1 aliphatic carbocycles. The summed E-state index contributed by atoms with van der Waals surface area (Å²) in [6.07, 6.45) is 8.55. The number of benzene rings is 1. The molecule has 0 amide bonds. The smallest absolute Gasteiger partial charge is 0.175 e. The minimum Gasteiger partial charge on any atom is -0.378 e. The molecule has 0 aliphatic heterocycles. The van der Waals surface area contributed by atoms with Crippen LogP contribution in [0.3, 0.4) is 0 Å². The average molecular weight is 273 g/mol. The Kier molecular flexibility index (Phi) is 4.58. The molecule has 2 N–H and O–H groups in total. The Morgan fingerprint density at radius 3 is 2.74 bits per heavy atom. The third kappa shape index (κ3) is 4.10. The molecule has 1 aliphatic rings. The van der Waals surface area contributed by atoms with Crippen molar-refractivity contribution in [1.29, 1.82) is 0 Å². The lowest BCUT2D eigenvalue weighted by Crippen LogP contribution is -2.27. The van der Waals surface area contributed by atoms with Crippen LogP contribution in [0.25, 0.3) is 0 Å². The van der Waals surface area contributed by atoms with Crippen molar-refractivity contribution in [1.82, 2.24) is 5.32 Å². The molecule has 0 saturated heterocycles. The molecule has 0 aromatic heterocycles. The van der Waals surface area contributed by atoms with E-state index in [0.717, 1.165) is 29.9 Å². The first-order valence-electron chi connectivity index (χ1n) is 6.37. The number of thiocarbonyl (C=S) groups is 1. The largest absolute Gasteiger partial charge is 0.378 e. The predicted octanol–water partition coefficient (Wildman–Crippen LogP) is 3.27. The van der Waals surface area contributed by atoms with E-state index >= 15 is 0 Å². The van der Waals surface area contributed by atoms with Crippen LogP contribution < -0.4 is 15.5 Å². The zero-order valence-corrected chi connectivity index (χ0v) is 12.1. The molecule has 0 spiro atoms. The van der Waals surface area contributed by atoms with Gasteiger partial charge in [-0.3, -0.25) is 0 Å². The highest BCUT2D eigenvalue weighted by atomic mass is 32.1. The summed E-state index contributed by atoms with van der Waals surface area (Å²) in [4.78, 5) is 2.06.